The standard InChI is InChI=1S/C20H20N4O5/c1-20(11-10-14-6-3-2-4-7-14)18(26)23(19(27)22-20)13-17(25)21-15-8-5-9-16(12-15)24(28)29/h2-9,12H,10-11,13H2,1H3,(H,21,25)(H,22,27)/t20-/m1/s1. The highest BCUT2D eigenvalue weighted by atomic mass is 16.6. The van der Waals surface area contributed by atoms with E-state index in [0.717, 1.165) is 10.5 Å². The number of aryl methyl sites for hydroxylation is 1. The number of nitro groups is 1. The molecule has 0 aliphatic carbocycles. The van der Waals surface area contributed by atoms with Crippen molar-refractivity contribution < 1.29 is 19.3 Å². The molecule has 1 heterocycles. The molecule has 2 aromatic carbocycles. The first kappa shape index (κ1) is 20.0. The summed E-state index contributed by atoms with van der Waals surface area (Å²) in [5.74, 6) is -1.10. The van der Waals surface area contributed by atoms with E-state index >= 15 is 0 Å². The summed E-state index contributed by atoms with van der Waals surface area (Å²) in [4.78, 5) is 48.4. The third-order valence-corrected chi connectivity index (χ3v) is 4.74. The molecule has 0 unspecified atom stereocenters. The van der Waals surface area contributed by atoms with Gasteiger partial charge in [0.2, 0.25) is 5.91 Å². The lowest BCUT2D eigenvalue weighted by atomic mass is 9.93. The van der Waals surface area contributed by atoms with Crippen molar-refractivity contribution in [2.75, 3.05) is 11.9 Å². The smallest absolute Gasteiger partial charge is 0.324 e. The van der Waals surface area contributed by atoms with E-state index < -0.39 is 34.9 Å². The first-order valence-corrected chi connectivity index (χ1v) is 9.01. The van der Waals surface area contributed by atoms with Crippen LogP contribution >= 0.6 is 0 Å². The molecule has 0 bridgehead atoms. The van der Waals surface area contributed by atoms with E-state index in [-0.39, 0.29) is 11.4 Å². The monoisotopic (exact) mass is 396 g/mol. The fraction of sp³-hybridized carbons (Fsp3) is 0.250. The van der Waals surface area contributed by atoms with Gasteiger partial charge in [-0.25, -0.2) is 4.79 Å². The van der Waals surface area contributed by atoms with Crippen LogP contribution in [0, 0.1) is 10.1 Å². The van der Waals surface area contributed by atoms with E-state index in [0.29, 0.717) is 12.8 Å². The average Bonchev–Trinajstić information content (AvgIpc) is 2.91. The first-order chi connectivity index (χ1) is 13.8. The number of imide groups is 1. The van der Waals surface area contributed by atoms with E-state index in [1.54, 1.807) is 6.92 Å². The molecule has 1 aliphatic rings. The maximum absolute atomic E-state index is 12.8. The van der Waals surface area contributed by atoms with E-state index in [4.69, 9.17) is 0 Å². The molecule has 4 amide bonds. The maximum Gasteiger partial charge on any atom is 0.325 e. The van der Waals surface area contributed by atoms with Gasteiger partial charge in [0, 0.05) is 17.8 Å². The maximum atomic E-state index is 12.8. The Morgan fingerprint density at radius 1 is 1.17 bits per heavy atom. The van der Waals surface area contributed by atoms with Gasteiger partial charge in [-0.2, -0.15) is 0 Å². The van der Waals surface area contributed by atoms with E-state index in [2.05, 4.69) is 10.6 Å². The van der Waals surface area contributed by atoms with E-state index in [9.17, 15) is 24.5 Å². The summed E-state index contributed by atoms with van der Waals surface area (Å²) in [5, 5.41) is 16.0. The third-order valence-electron chi connectivity index (χ3n) is 4.74. The van der Waals surface area contributed by atoms with Gasteiger partial charge >= 0.3 is 6.03 Å². The Labute approximate surface area is 166 Å². The summed E-state index contributed by atoms with van der Waals surface area (Å²) in [6.45, 7) is 1.16. The second-order valence-electron chi connectivity index (χ2n) is 6.99. The van der Waals surface area contributed by atoms with Crippen molar-refractivity contribution in [2.24, 2.45) is 0 Å². The predicted octanol–water partition coefficient (Wildman–Crippen LogP) is 2.48. The minimum atomic E-state index is -1.10. The zero-order valence-electron chi connectivity index (χ0n) is 15.8. The molecule has 1 aliphatic heterocycles. The molecule has 9 heteroatoms. The number of non-ortho nitro benzene ring substituents is 1. The van der Waals surface area contributed by atoms with Crippen LogP contribution in [0.3, 0.4) is 0 Å². The van der Waals surface area contributed by atoms with Gasteiger partial charge in [-0.15, -0.1) is 0 Å². The fourth-order valence-corrected chi connectivity index (χ4v) is 3.14. The minimum absolute atomic E-state index is 0.175. The van der Waals surface area contributed by atoms with E-state index in [1.165, 1.54) is 24.3 Å². The van der Waals surface area contributed by atoms with Crippen molar-refractivity contribution in [1.82, 2.24) is 10.2 Å². The highest BCUT2D eigenvalue weighted by Crippen LogP contribution is 2.23. The molecule has 3 rings (SSSR count). The fourth-order valence-electron chi connectivity index (χ4n) is 3.14. The lowest BCUT2D eigenvalue weighted by Gasteiger charge is -2.21. The van der Waals surface area contributed by atoms with Crippen LogP contribution in [0.15, 0.2) is 54.6 Å². The molecular weight excluding hydrogens is 376 g/mol. The number of hydrogen-bond acceptors (Lipinski definition) is 5. The number of anilines is 1. The quantitative estimate of drug-likeness (QED) is 0.423. The summed E-state index contributed by atoms with van der Waals surface area (Å²) >= 11 is 0. The van der Waals surface area contributed by atoms with Crippen LogP contribution in [0.5, 0.6) is 0 Å². The molecule has 2 N–H and O–H groups in total. The summed E-state index contributed by atoms with van der Waals surface area (Å²) in [6, 6.07) is 14.4. The van der Waals surface area contributed by atoms with Crippen LogP contribution in [0.25, 0.3) is 0 Å². The van der Waals surface area contributed by atoms with Gasteiger partial charge in [-0.3, -0.25) is 24.6 Å². The lowest BCUT2D eigenvalue weighted by Crippen LogP contribution is -2.45. The van der Waals surface area contributed by atoms with Crippen molar-refractivity contribution >= 4 is 29.2 Å². The third kappa shape index (κ3) is 4.57. The molecule has 0 aromatic heterocycles. The normalized spacial score (nSPS) is 18.4. The SMILES string of the molecule is C[C@]1(CCc2ccccc2)NC(=O)N(CC(=O)Nc2cccc([N+](=O)[O-])c2)C1=O. The molecule has 0 spiro atoms. The number of rotatable bonds is 7. The molecule has 2 aromatic rings. The van der Waals surface area contributed by atoms with Crippen molar-refractivity contribution in [3.05, 3.63) is 70.3 Å². The summed E-state index contributed by atoms with van der Waals surface area (Å²) in [7, 11) is 0. The van der Waals surface area contributed by atoms with Crippen LogP contribution in [-0.4, -0.2) is 39.8 Å². The second kappa shape index (κ2) is 8.09. The number of urea groups is 1. The summed E-state index contributed by atoms with van der Waals surface area (Å²) < 4.78 is 0. The number of hydrogen-bond donors (Lipinski definition) is 2. The Morgan fingerprint density at radius 3 is 2.59 bits per heavy atom. The molecule has 29 heavy (non-hydrogen) atoms. The number of nitro benzene ring substituents is 1. The van der Waals surface area contributed by atoms with Gasteiger partial charge in [-0.05, 0) is 31.4 Å². The summed E-state index contributed by atoms with van der Waals surface area (Å²) in [6.07, 6.45) is 0.988. The number of nitrogens with zero attached hydrogens (tertiary/aromatic N) is 2. The molecule has 1 atom stereocenters. The largest absolute Gasteiger partial charge is 0.325 e. The highest BCUT2D eigenvalue weighted by Gasteiger charge is 2.47. The minimum Gasteiger partial charge on any atom is -0.324 e. The molecule has 1 saturated heterocycles. The predicted molar refractivity (Wildman–Crippen MR) is 105 cm³/mol. The van der Waals surface area contributed by atoms with Gasteiger partial charge in [0.25, 0.3) is 11.6 Å². The number of amides is 4. The Hall–Kier alpha value is -3.75. The molecular formula is C20H20N4O5. The molecule has 9 nitrogen and oxygen atoms in total. The lowest BCUT2D eigenvalue weighted by molar-refractivity contribution is -0.384. The van der Waals surface area contributed by atoms with Crippen LogP contribution in [0.2, 0.25) is 0 Å². The Balaban J connectivity index is 1.62. The molecule has 0 saturated carbocycles. The molecule has 150 valence electrons. The van der Waals surface area contributed by atoms with Crippen LogP contribution in [0.4, 0.5) is 16.2 Å². The van der Waals surface area contributed by atoms with Gasteiger partial charge in [0.1, 0.15) is 12.1 Å². The number of carbonyl (C=O) groups excluding carboxylic acids is 3. The van der Waals surface area contributed by atoms with Crippen molar-refractivity contribution in [3.63, 3.8) is 0 Å². The number of benzene rings is 2. The zero-order chi connectivity index (χ0) is 21.0. The first-order valence-electron chi connectivity index (χ1n) is 9.01. The van der Waals surface area contributed by atoms with Crippen LogP contribution in [0.1, 0.15) is 18.9 Å². The Kier molecular flexibility index (Phi) is 5.58. The van der Waals surface area contributed by atoms with Gasteiger partial charge in [-0.1, -0.05) is 36.4 Å². The Bertz CT molecular complexity index is 962. The van der Waals surface area contributed by atoms with Crippen LogP contribution in [-0.2, 0) is 16.0 Å². The second-order valence-corrected chi connectivity index (χ2v) is 6.99. The number of nitrogens with one attached hydrogen (secondary N) is 2. The van der Waals surface area contributed by atoms with Gasteiger partial charge < -0.3 is 10.6 Å². The average molecular weight is 396 g/mol. The highest BCUT2D eigenvalue weighted by molar-refractivity contribution is 6.09. The van der Waals surface area contributed by atoms with Crippen LogP contribution < -0.4 is 10.6 Å². The van der Waals surface area contributed by atoms with Gasteiger partial charge in [0.15, 0.2) is 0 Å². The van der Waals surface area contributed by atoms with Crippen molar-refractivity contribution in [3.8, 4) is 0 Å². The Morgan fingerprint density at radius 2 is 1.90 bits per heavy atom. The molecule has 0 radical (unpaired) electrons. The topological polar surface area (TPSA) is 122 Å². The van der Waals surface area contributed by atoms with Crippen molar-refractivity contribution in [1.29, 1.82) is 0 Å². The van der Waals surface area contributed by atoms with Gasteiger partial charge in [0.05, 0.1) is 4.92 Å². The van der Waals surface area contributed by atoms with Crippen molar-refractivity contribution in [2.45, 2.75) is 25.3 Å². The summed E-state index contributed by atoms with van der Waals surface area (Å²) in [5.41, 5.74) is -0.0225. The van der Waals surface area contributed by atoms with E-state index in [1.807, 2.05) is 30.3 Å². The number of carbonyl (C=O) groups is 3. The zero-order valence-corrected chi connectivity index (χ0v) is 15.8. The molecule has 1 fully saturated rings.